The normalized spacial score (nSPS) is 20.1. The maximum atomic E-state index is 11.6. The van der Waals surface area contributed by atoms with Gasteiger partial charge in [0, 0.05) is 57.8 Å². The molecule has 1 aliphatic heterocycles. The largest absolute Gasteiger partial charge is 0.354 e. The minimum atomic E-state index is 0.155. The van der Waals surface area contributed by atoms with Gasteiger partial charge in [-0.05, 0) is 20.8 Å². The summed E-state index contributed by atoms with van der Waals surface area (Å²) in [6.45, 7) is 11.9. The van der Waals surface area contributed by atoms with Gasteiger partial charge in [-0.15, -0.1) is 0 Å². The molecule has 1 aliphatic rings. The van der Waals surface area contributed by atoms with Gasteiger partial charge in [-0.25, -0.2) is 0 Å². The van der Waals surface area contributed by atoms with Crippen molar-refractivity contribution in [2.45, 2.75) is 39.3 Å². The quantitative estimate of drug-likeness (QED) is 0.695. The van der Waals surface area contributed by atoms with E-state index in [2.05, 4.69) is 22.0 Å². The molecule has 1 amide bonds. The number of hydrogen-bond donors (Lipinski definition) is 2. The molecule has 18 heavy (non-hydrogen) atoms. The Labute approximate surface area is 111 Å². The number of piperazine rings is 1. The van der Waals surface area contributed by atoms with Gasteiger partial charge in [0.15, 0.2) is 0 Å². The third-order valence-corrected chi connectivity index (χ3v) is 3.48. The lowest BCUT2D eigenvalue weighted by molar-refractivity contribution is -0.122. The highest BCUT2D eigenvalue weighted by atomic mass is 16.1. The van der Waals surface area contributed by atoms with Crippen LogP contribution in [0.4, 0.5) is 0 Å². The van der Waals surface area contributed by atoms with Crippen molar-refractivity contribution in [3.8, 4) is 0 Å². The zero-order valence-electron chi connectivity index (χ0n) is 12.0. The van der Waals surface area contributed by atoms with Gasteiger partial charge in [-0.2, -0.15) is 0 Å². The number of nitrogens with one attached hydrogen (secondary N) is 1. The van der Waals surface area contributed by atoms with Gasteiger partial charge in [0.1, 0.15) is 0 Å². The molecule has 106 valence electrons. The molecule has 0 bridgehead atoms. The van der Waals surface area contributed by atoms with Gasteiger partial charge in [-0.3, -0.25) is 9.69 Å². The molecule has 0 spiro atoms. The molecule has 0 aromatic rings. The van der Waals surface area contributed by atoms with Crippen molar-refractivity contribution >= 4 is 5.91 Å². The molecule has 1 atom stereocenters. The molecule has 1 unspecified atom stereocenters. The summed E-state index contributed by atoms with van der Waals surface area (Å²) in [4.78, 5) is 16.3. The van der Waals surface area contributed by atoms with Crippen LogP contribution in [0, 0.1) is 0 Å². The van der Waals surface area contributed by atoms with E-state index in [0.717, 1.165) is 39.3 Å². The van der Waals surface area contributed by atoms with E-state index in [0.29, 0.717) is 12.5 Å². The zero-order valence-corrected chi connectivity index (χ0v) is 12.0. The second-order valence-electron chi connectivity index (χ2n) is 5.43. The van der Waals surface area contributed by atoms with E-state index in [1.54, 1.807) is 0 Å². The van der Waals surface area contributed by atoms with Crippen molar-refractivity contribution in [2.75, 3.05) is 39.3 Å². The average molecular weight is 256 g/mol. The van der Waals surface area contributed by atoms with Gasteiger partial charge in [0.05, 0.1) is 0 Å². The van der Waals surface area contributed by atoms with Crippen LogP contribution in [0.15, 0.2) is 0 Å². The summed E-state index contributed by atoms with van der Waals surface area (Å²) in [5, 5.41) is 2.93. The van der Waals surface area contributed by atoms with Crippen molar-refractivity contribution in [2.24, 2.45) is 5.73 Å². The Morgan fingerprint density at radius 2 is 1.83 bits per heavy atom. The molecule has 0 radical (unpaired) electrons. The van der Waals surface area contributed by atoms with E-state index in [9.17, 15) is 4.79 Å². The maximum absolute atomic E-state index is 11.6. The van der Waals surface area contributed by atoms with Gasteiger partial charge in [-0.1, -0.05) is 0 Å². The summed E-state index contributed by atoms with van der Waals surface area (Å²) in [6, 6.07) is 0.705. The lowest BCUT2D eigenvalue weighted by Gasteiger charge is -2.37. The summed E-state index contributed by atoms with van der Waals surface area (Å²) < 4.78 is 0. The van der Waals surface area contributed by atoms with Crippen LogP contribution >= 0.6 is 0 Å². The molecule has 1 rings (SSSR count). The Hall–Kier alpha value is -0.650. The van der Waals surface area contributed by atoms with Crippen LogP contribution in [0.2, 0.25) is 0 Å². The fourth-order valence-corrected chi connectivity index (χ4v) is 2.23. The molecule has 3 N–H and O–H groups in total. The fourth-order valence-electron chi connectivity index (χ4n) is 2.23. The Morgan fingerprint density at radius 1 is 1.22 bits per heavy atom. The maximum Gasteiger partial charge on any atom is 0.221 e. The Balaban J connectivity index is 2.18. The summed E-state index contributed by atoms with van der Waals surface area (Å²) in [7, 11) is 0. The van der Waals surface area contributed by atoms with E-state index in [1.165, 1.54) is 0 Å². The number of amides is 1. The van der Waals surface area contributed by atoms with Gasteiger partial charge in [0.25, 0.3) is 0 Å². The SMILES string of the molecule is CC(C)NC(=O)CCN1CCN(C(C)CN)CC1. The van der Waals surface area contributed by atoms with E-state index in [4.69, 9.17) is 5.73 Å². The number of carbonyl (C=O) groups is 1. The molecule has 0 aromatic heterocycles. The van der Waals surface area contributed by atoms with Gasteiger partial charge >= 0.3 is 0 Å². The molecule has 5 heteroatoms. The molecule has 5 nitrogen and oxygen atoms in total. The van der Waals surface area contributed by atoms with Crippen molar-refractivity contribution in [3.05, 3.63) is 0 Å². The topological polar surface area (TPSA) is 61.6 Å². The van der Waals surface area contributed by atoms with E-state index in [-0.39, 0.29) is 11.9 Å². The van der Waals surface area contributed by atoms with Crippen molar-refractivity contribution in [3.63, 3.8) is 0 Å². The zero-order chi connectivity index (χ0) is 13.5. The molecular formula is C13H28N4O. The van der Waals surface area contributed by atoms with Crippen molar-refractivity contribution in [1.82, 2.24) is 15.1 Å². The molecule has 1 heterocycles. The first-order valence-corrected chi connectivity index (χ1v) is 6.98. The molecular weight excluding hydrogens is 228 g/mol. The van der Waals surface area contributed by atoms with E-state index >= 15 is 0 Å². The summed E-state index contributed by atoms with van der Waals surface area (Å²) >= 11 is 0. The van der Waals surface area contributed by atoms with E-state index < -0.39 is 0 Å². The van der Waals surface area contributed by atoms with Gasteiger partial charge in [0.2, 0.25) is 5.91 Å². The highest BCUT2D eigenvalue weighted by molar-refractivity contribution is 5.76. The lowest BCUT2D eigenvalue weighted by Crippen LogP contribution is -2.51. The van der Waals surface area contributed by atoms with Crippen LogP contribution in [0.3, 0.4) is 0 Å². The second-order valence-corrected chi connectivity index (χ2v) is 5.43. The van der Waals surface area contributed by atoms with Crippen LogP contribution in [-0.2, 0) is 4.79 Å². The third-order valence-electron chi connectivity index (χ3n) is 3.48. The first kappa shape index (κ1) is 15.4. The number of nitrogens with zero attached hydrogens (tertiary/aromatic N) is 2. The van der Waals surface area contributed by atoms with Crippen molar-refractivity contribution in [1.29, 1.82) is 0 Å². The molecule has 0 aromatic carbocycles. The van der Waals surface area contributed by atoms with Crippen LogP contribution in [0.25, 0.3) is 0 Å². The highest BCUT2D eigenvalue weighted by Gasteiger charge is 2.20. The molecule has 0 aliphatic carbocycles. The average Bonchev–Trinajstić information content (AvgIpc) is 2.35. The Kier molecular flexibility index (Phi) is 6.60. The number of nitrogens with two attached hydrogens (primary N) is 1. The predicted octanol–water partition coefficient (Wildman–Crippen LogP) is -0.134. The Morgan fingerprint density at radius 3 is 2.33 bits per heavy atom. The summed E-state index contributed by atoms with van der Waals surface area (Å²) in [5.41, 5.74) is 5.67. The van der Waals surface area contributed by atoms with Crippen LogP contribution in [0.5, 0.6) is 0 Å². The highest BCUT2D eigenvalue weighted by Crippen LogP contribution is 2.06. The standard InChI is InChI=1S/C13H28N4O/c1-11(2)15-13(18)4-5-16-6-8-17(9-7-16)12(3)10-14/h11-12H,4-10,14H2,1-3H3,(H,15,18). The molecule has 0 saturated carbocycles. The lowest BCUT2D eigenvalue weighted by atomic mass is 10.2. The summed E-state index contributed by atoms with van der Waals surface area (Å²) in [5.74, 6) is 0.155. The van der Waals surface area contributed by atoms with Crippen LogP contribution in [-0.4, -0.2) is 67.1 Å². The Bertz CT molecular complexity index is 249. The first-order chi connectivity index (χ1) is 8.52. The van der Waals surface area contributed by atoms with E-state index in [1.807, 2.05) is 13.8 Å². The smallest absolute Gasteiger partial charge is 0.221 e. The van der Waals surface area contributed by atoms with Gasteiger partial charge < -0.3 is 16.0 Å². The summed E-state index contributed by atoms with van der Waals surface area (Å²) in [6.07, 6.45) is 0.602. The fraction of sp³-hybridized carbons (Fsp3) is 0.923. The third kappa shape index (κ3) is 5.33. The second kappa shape index (κ2) is 7.71. The number of carbonyl (C=O) groups excluding carboxylic acids is 1. The monoisotopic (exact) mass is 256 g/mol. The minimum Gasteiger partial charge on any atom is -0.354 e. The molecule has 1 saturated heterocycles. The van der Waals surface area contributed by atoms with Crippen molar-refractivity contribution < 1.29 is 4.79 Å². The predicted molar refractivity (Wildman–Crippen MR) is 74.4 cm³/mol. The molecule has 1 fully saturated rings. The number of rotatable bonds is 6. The first-order valence-electron chi connectivity index (χ1n) is 6.98. The minimum absolute atomic E-state index is 0.155. The number of hydrogen-bond acceptors (Lipinski definition) is 4. The van der Waals surface area contributed by atoms with Crippen LogP contribution in [0.1, 0.15) is 27.2 Å². The van der Waals surface area contributed by atoms with Crippen LogP contribution < -0.4 is 11.1 Å².